The lowest BCUT2D eigenvalue weighted by atomic mass is 10.2. The van der Waals surface area contributed by atoms with Gasteiger partial charge in [0.05, 0.1) is 19.3 Å². The van der Waals surface area contributed by atoms with Crippen LogP contribution in [-0.4, -0.2) is 28.3 Å². The highest BCUT2D eigenvalue weighted by molar-refractivity contribution is 5.91. The zero-order chi connectivity index (χ0) is 16.7. The Labute approximate surface area is 132 Å². The molecule has 1 heterocycles. The summed E-state index contributed by atoms with van der Waals surface area (Å²) in [5.41, 5.74) is 1.17. The highest BCUT2D eigenvalue weighted by atomic mass is 19.1. The molecular formula is C16H17FN2O4. The molecule has 0 saturated heterocycles. The number of ether oxygens (including phenoxy) is 2. The SMILES string of the molecule is CCOC(=O)CC(=O)OCc1cnn(Cc2ccccc2F)c1. The summed E-state index contributed by atoms with van der Waals surface area (Å²) in [6.45, 7) is 2.15. The summed E-state index contributed by atoms with van der Waals surface area (Å²) in [5, 5.41) is 4.09. The van der Waals surface area contributed by atoms with E-state index in [2.05, 4.69) is 9.84 Å². The maximum absolute atomic E-state index is 13.6. The Morgan fingerprint density at radius 2 is 1.96 bits per heavy atom. The summed E-state index contributed by atoms with van der Waals surface area (Å²) in [4.78, 5) is 22.6. The first-order valence-electron chi connectivity index (χ1n) is 7.14. The zero-order valence-corrected chi connectivity index (χ0v) is 12.7. The van der Waals surface area contributed by atoms with E-state index in [1.54, 1.807) is 36.0 Å². The maximum Gasteiger partial charge on any atom is 0.317 e. The van der Waals surface area contributed by atoms with E-state index in [9.17, 15) is 14.0 Å². The Morgan fingerprint density at radius 1 is 1.22 bits per heavy atom. The Balaban J connectivity index is 1.84. The normalized spacial score (nSPS) is 10.3. The molecule has 0 aliphatic rings. The molecule has 0 amide bonds. The number of rotatable bonds is 7. The fourth-order valence-electron chi connectivity index (χ4n) is 1.91. The van der Waals surface area contributed by atoms with Crippen LogP contribution in [0, 0.1) is 5.82 Å². The molecule has 23 heavy (non-hydrogen) atoms. The van der Waals surface area contributed by atoms with Crippen LogP contribution in [0.2, 0.25) is 0 Å². The van der Waals surface area contributed by atoms with Crippen molar-refractivity contribution < 1.29 is 23.5 Å². The first-order chi connectivity index (χ1) is 11.1. The van der Waals surface area contributed by atoms with E-state index in [0.717, 1.165) is 0 Å². The van der Waals surface area contributed by atoms with Crippen LogP contribution in [0.25, 0.3) is 0 Å². The van der Waals surface area contributed by atoms with Crippen molar-refractivity contribution in [1.29, 1.82) is 0 Å². The van der Waals surface area contributed by atoms with Crippen LogP contribution < -0.4 is 0 Å². The number of carbonyl (C=O) groups excluding carboxylic acids is 2. The van der Waals surface area contributed by atoms with E-state index < -0.39 is 18.4 Å². The highest BCUT2D eigenvalue weighted by Gasteiger charge is 2.12. The Hall–Kier alpha value is -2.70. The number of halogens is 1. The number of hydrogen-bond acceptors (Lipinski definition) is 5. The van der Waals surface area contributed by atoms with Crippen molar-refractivity contribution in [2.24, 2.45) is 0 Å². The molecule has 0 bridgehead atoms. The van der Waals surface area contributed by atoms with Gasteiger partial charge >= 0.3 is 11.9 Å². The first-order valence-corrected chi connectivity index (χ1v) is 7.14. The highest BCUT2D eigenvalue weighted by Crippen LogP contribution is 2.09. The number of nitrogens with zero attached hydrogens (tertiary/aromatic N) is 2. The third-order valence-electron chi connectivity index (χ3n) is 2.97. The topological polar surface area (TPSA) is 70.4 Å². The van der Waals surface area contributed by atoms with Crippen molar-refractivity contribution in [1.82, 2.24) is 9.78 Å². The minimum Gasteiger partial charge on any atom is -0.466 e. The van der Waals surface area contributed by atoms with Gasteiger partial charge in [-0.1, -0.05) is 18.2 Å². The Morgan fingerprint density at radius 3 is 2.70 bits per heavy atom. The summed E-state index contributed by atoms with van der Waals surface area (Å²) in [7, 11) is 0. The van der Waals surface area contributed by atoms with Crippen molar-refractivity contribution in [3.63, 3.8) is 0 Å². The molecule has 0 spiro atoms. The molecule has 1 aromatic carbocycles. The van der Waals surface area contributed by atoms with Crippen LogP contribution in [0.4, 0.5) is 4.39 Å². The number of esters is 2. The van der Waals surface area contributed by atoms with E-state index in [0.29, 0.717) is 11.1 Å². The predicted octanol–water partition coefficient (Wildman–Crippen LogP) is 2.07. The monoisotopic (exact) mass is 320 g/mol. The second-order valence-corrected chi connectivity index (χ2v) is 4.78. The van der Waals surface area contributed by atoms with Gasteiger partial charge in [0.25, 0.3) is 0 Å². The second kappa shape index (κ2) is 8.07. The molecule has 7 heteroatoms. The predicted molar refractivity (Wildman–Crippen MR) is 78.8 cm³/mol. The molecule has 0 saturated carbocycles. The molecule has 0 unspecified atom stereocenters. The van der Waals surface area contributed by atoms with Crippen molar-refractivity contribution in [3.8, 4) is 0 Å². The molecule has 0 N–H and O–H groups in total. The van der Waals surface area contributed by atoms with Gasteiger partial charge in [0.15, 0.2) is 0 Å². The molecule has 2 rings (SSSR count). The lowest BCUT2D eigenvalue weighted by Gasteiger charge is -2.04. The van der Waals surface area contributed by atoms with Crippen LogP contribution >= 0.6 is 0 Å². The van der Waals surface area contributed by atoms with E-state index >= 15 is 0 Å². The number of aromatic nitrogens is 2. The van der Waals surface area contributed by atoms with Gasteiger partial charge in [-0.3, -0.25) is 14.3 Å². The molecule has 122 valence electrons. The molecular weight excluding hydrogens is 303 g/mol. The van der Waals surface area contributed by atoms with Gasteiger partial charge in [-0.2, -0.15) is 5.10 Å². The van der Waals surface area contributed by atoms with E-state index in [4.69, 9.17) is 4.74 Å². The second-order valence-electron chi connectivity index (χ2n) is 4.78. The summed E-state index contributed by atoms with van der Waals surface area (Å²) < 4.78 is 24.7. The Kier molecular flexibility index (Phi) is 5.85. The summed E-state index contributed by atoms with van der Waals surface area (Å²) >= 11 is 0. The van der Waals surface area contributed by atoms with E-state index in [-0.39, 0.29) is 25.6 Å². The van der Waals surface area contributed by atoms with Gasteiger partial charge in [-0.05, 0) is 13.0 Å². The van der Waals surface area contributed by atoms with Gasteiger partial charge in [-0.15, -0.1) is 0 Å². The van der Waals surface area contributed by atoms with Crippen molar-refractivity contribution in [2.75, 3.05) is 6.61 Å². The van der Waals surface area contributed by atoms with E-state index in [1.165, 1.54) is 12.3 Å². The number of carbonyl (C=O) groups is 2. The fourth-order valence-corrected chi connectivity index (χ4v) is 1.91. The van der Waals surface area contributed by atoms with Gasteiger partial charge in [0, 0.05) is 17.3 Å². The van der Waals surface area contributed by atoms with Crippen LogP contribution in [-0.2, 0) is 32.2 Å². The van der Waals surface area contributed by atoms with Crippen LogP contribution in [0.5, 0.6) is 0 Å². The lowest BCUT2D eigenvalue weighted by Crippen LogP contribution is -2.13. The summed E-state index contributed by atoms with van der Waals surface area (Å²) in [6, 6.07) is 6.43. The van der Waals surface area contributed by atoms with Gasteiger partial charge in [0.1, 0.15) is 18.8 Å². The van der Waals surface area contributed by atoms with Crippen LogP contribution in [0.3, 0.4) is 0 Å². The van der Waals surface area contributed by atoms with E-state index in [1.807, 2.05) is 0 Å². The molecule has 0 radical (unpaired) electrons. The van der Waals surface area contributed by atoms with Gasteiger partial charge in [-0.25, -0.2) is 4.39 Å². The summed E-state index contributed by atoms with van der Waals surface area (Å²) in [6.07, 6.45) is 2.76. The third kappa shape index (κ3) is 5.21. The molecule has 0 fully saturated rings. The fraction of sp³-hybridized carbons (Fsp3) is 0.312. The number of hydrogen-bond donors (Lipinski definition) is 0. The third-order valence-corrected chi connectivity index (χ3v) is 2.97. The molecule has 0 atom stereocenters. The number of benzene rings is 1. The minimum absolute atomic E-state index is 0.00445. The quantitative estimate of drug-likeness (QED) is 0.577. The molecule has 2 aromatic rings. The average molecular weight is 320 g/mol. The van der Waals surface area contributed by atoms with Crippen molar-refractivity contribution >= 4 is 11.9 Å². The zero-order valence-electron chi connectivity index (χ0n) is 12.7. The largest absolute Gasteiger partial charge is 0.466 e. The van der Waals surface area contributed by atoms with Gasteiger partial charge < -0.3 is 9.47 Å². The minimum atomic E-state index is -0.662. The lowest BCUT2D eigenvalue weighted by molar-refractivity contribution is -0.155. The maximum atomic E-state index is 13.6. The smallest absolute Gasteiger partial charge is 0.317 e. The molecule has 6 nitrogen and oxygen atoms in total. The Bertz CT molecular complexity index is 684. The molecule has 1 aromatic heterocycles. The van der Waals surface area contributed by atoms with Crippen LogP contribution in [0.15, 0.2) is 36.7 Å². The summed E-state index contributed by atoms with van der Waals surface area (Å²) in [5.74, 6) is -1.58. The standard InChI is InChI=1S/C16H17FN2O4/c1-2-22-15(20)7-16(21)23-11-12-8-18-19(9-12)10-13-5-3-4-6-14(13)17/h3-6,8-9H,2,7,10-11H2,1H3. The molecule has 0 aliphatic heterocycles. The van der Waals surface area contributed by atoms with Crippen molar-refractivity contribution in [3.05, 3.63) is 53.6 Å². The molecule has 0 aliphatic carbocycles. The van der Waals surface area contributed by atoms with Crippen molar-refractivity contribution in [2.45, 2.75) is 26.5 Å². The first kappa shape index (κ1) is 16.7. The van der Waals surface area contributed by atoms with Gasteiger partial charge in [0.2, 0.25) is 0 Å². The van der Waals surface area contributed by atoms with Crippen LogP contribution in [0.1, 0.15) is 24.5 Å². The average Bonchev–Trinajstić information content (AvgIpc) is 2.95.